The third kappa shape index (κ3) is 43.6. The summed E-state index contributed by atoms with van der Waals surface area (Å²) in [6.07, 6.45) is 22.3. The van der Waals surface area contributed by atoms with Gasteiger partial charge < -0.3 is 19.8 Å². The van der Waals surface area contributed by atoms with E-state index in [1.54, 1.807) is 0 Å². The Balaban J connectivity index is -0.000000211. The Bertz CT molecular complexity index is 309. The minimum atomic E-state index is -0.909. The fourth-order valence-corrected chi connectivity index (χ4v) is 3.16. The molecule has 168 valence electrons. The van der Waals surface area contributed by atoms with Crippen LogP contribution in [-0.4, -0.2) is 98.6 Å². The summed E-state index contributed by atoms with van der Waals surface area (Å²) in [7, 11) is 0. The van der Waals surface area contributed by atoms with Gasteiger partial charge in [0, 0.05) is 11.9 Å². The van der Waals surface area contributed by atoms with Crippen LogP contribution in [0.15, 0.2) is 0 Å². The zero-order valence-corrected chi connectivity index (χ0v) is 26.8. The Morgan fingerprint density at radius 3 is 0.867 bits per heavy atom. The van der Waals surface area contributed by atoms with Crippen molar-refractivity contribution < 1.29 is 19.8 Å². The molecule has 0 unspecified atom stereocenters. The zero-order chi connectivity index (χ0) is 21.3. The van der Waals surface area contributed by atoms with Crippen LogP contribution in [0.1, 0.15) is 142 Å². The van der Waals surface area contributed by atoms with Gasteiger partial charge in [-0.15, -0.1) is 0 Å². The van der Waals surface area contributed by atoms with Crippen LogP contribution < -0.4 is 10.2 Å². The Labute approximate surface area is 257 Å². The fraction of sp³-hybridized carbons (Fsp3) is 0.917. The minimum absolute atomic E-state index is 0. The summed E-state index contributed by atoms with van der Waals surface area (Å²) < 4.78 is 0. The molecule has 0 aliphatic carbocycles. The molecule has 0 atom stereocenters. The van der Waals surface area contributed by atoms with Crippen LogP contribution in [-0.2, 0) is 9.59 Å². The number of aliphatic carboxylic acids is 2. The van der Waals surface area contributed by atoms with Gasteiger partial charge in [-0.05, 0) is 25.7 Å². The normalized spacial score (nSPS) is 9.67. The van der Waals surface area contributed by atoms with E-state index < -0.39 is 11.9 Å². The zero-order valence-electron chi connectivity index (χ0n) is 20.2. The number of carbonyl (C=O) groups is 2. The van der Waals surface area contributed by atoms with E-state index in [1.807, 2.05) is 0 Å². The molecule has 0 bridgehead atoms. The van der Waals surface area contributed by atoms with E-state index in [0.717, 1.165) is 25.7 Å². The Morgan fingerprint density at radius 1 is 0.467 bits per heavy atom. The molecule has 0 rings (SSSR count). The number of carboxylic acids is 2. The van der Waals surface area contributed by atoms with E-state index in [0.29, 0.717) is 0 Å². The Hall–Kier alpha value is 1.77. The van der Waals surface area contributed by atoms with Gasteiger partial charge in [-0.2, -0.15) is 0 Å². The molecule has 0 aliphatic rings. The molecule has 0 aromatic carbocycles. The SMILES string of the molecule is CCCCCCCCCCCC(=O)[O-].CCCCCCCCCCCC(=O)[O-].[Ba+2].[Ca+2]. The fourth-order valence-electron chi connectivity index (χ4n) is 3.16. The van der Waals surface area contributed by atoms with E-state index in [9.17, 15) is 19.8 Å². The van der Waals surface area contributed by atoms with Crippen molar-refractivity contribution in [3.05, 3.63) is 0 Å². The molecule has 6 heteroatoms. The molecular weight excluding hydrogens is 530 g/mol. The van der Waals surface area contributed by atoms with Crippen molar-refractivity contribution in [1.29, 1.82) is 0 Å². The second-order valence-electron chi connectivity index (χ2n) is 7.90. The van der Waals surface area contributed by atoms with Crippen LogP contribution in [0.4, 0.5) is 0 Å². The molecule has 0 aliphatic heterocycles. The predicted octanol–water partition coefficient (Wildman–Crippen LogP) is 4.55. The molecule has 0 radical (unpaired) electrons. The Morgan fingerprint density at radius 2 is 0.667 bits per heavy atom. The van der Waals surface area contributed by atoms with E-state index in [2.05, 4.69) is 13.8 Å². The van der Waals surface area contributed by atoms with Crippen LogP contribution in [0.3, 0.4) is 0 Å². The summed E-state index contributed by atoms with van der Waals surface area (Å²) in [5.41, 5.74) is 0. The van der Waals surface area contributed by atoms with Crippen LogP contribution in [0, 0.1) is 0 Å². The van der Waals surface area contributed by atoms with Gasteiger partial charge >= 0.3 is 86.6 Å². The van der Waals surface area contributed by atoms with Gasteiger partial charge in [0.15, 0.2) is 0 Å². The van der Waals surface area contributed by atoms with Gasteiger partial charge in [-0.25, -0.2) is 0 Å². The van der Waals surface area contributed by atoms with Crippen molar-refractivity contribution in [3.8, 4) is 0 Å². The molecule has 0 amide bonds. The van der Waals surface area contributed by atoms with E-state index in [4.69, 9.17) is 0 Å². The number of hydrogen-bond acceptors (Lipinski definition) is 4. The minimum Gasteiger partial charge on any atom is -0.550 e. The average Bonchev–Trinajstić information content (AvgIpc) is 2.65. The maximum atomic E-state index is 10.1. The topological polar surface area (TPSA) is 80.3 Å². The third-order valence-corrected chi connectivity index (χ3v) is 4.97. The Kier molecular flexibility index (Phi) is 46.0. The molecule has 0 N–H and O–H groups in total. The van der Waals surface area contributed by atoms with Gasteiger partial charge in [-0.3, -0.25) is 0 Å². The second kappa shape index (κ2) is 35.4. The van der Waals surface area contributed by atoms with Gasteiger partial charge in [0.25, 0.3) is 0 Å². The largest absolute Gasteiger partial charge is 2.00 e. The summed E-state index contributed by atoms with van der Waals surface area (Å²) in [4.78, 5) is 20.2. The van der Waals surface area contributed by atoms with Crippen molar-refractivity contribution in [1.82, 2.24) is 0 Å². The monoisotopic (exact) mass is 576 g/mol. The second-order valence-corrected chi connectivity index (χ2v) is 7.90. The summed E-state index contributed by atoms with van der Waals surface area (Å²) in [6, 6.07) is 0. The van der Waals surface area contributed by atoms with Gasteiger partial charge in [0.05, 0.1) is 0 Å². The van der Waals surface area contributed by atoms with Crippen LogP contribution in [0.2, 0.25) is 0 Å². The predicted molar refractivity (Wildman–Crippen MR) is 125 cm³/mol. The van der Waals surface area contributed by atoms with Crippen molar-refractivity contribution in [2.75, 3.05) is 0 Å². The molecule has 4 nitrogen and oxygen atoms in total. The summed E-state index contributed by atoms with van der Waals surface area (Å²) in [6.45, 7) is 4.44. The quantitative estimate of drug-likeness (QED) is 0.158. The molecule has 0 aromatic heterocycles. The first kappa shape index (κ1) is 39.0. The molecule has 0 saturated heterocycles. The first-order valence-corrected chi connectivity index (χ1v) is 11.9. The number of hydrogen-bond donors (Lipinski definition) is 0. The van der Waals surface area contributed by atoms with Crippen molar-refractivity contribution in [2.24, 2.45) is 0 Å². The van der Waals surface area contributed by atoms with Crippen LogP contribution in [0.25, 0.3) is 0 Å². The third-order valence-electron chi connectivity index (χ3n) is 4.97. The maximum Gasteiger partial charge on any atom is 2.00 e. The summed E-state index contributed by atoms with van der Waals surface area (Å²) in [5, 5.41) is 20.2. The van der Waals surface area contributed by atoms with E-state index >= 15 is 0 Å². The number of unbranched alkanes of at least 4 members (excludes halogenated alkanes) is 16. The van der Waals surface area contributed by atoms with E-state index in [-0.39, 0.29) is 99.5 Å². The summed E-state index contributed by atoms with van der Waals surface area (Å²) in [5.74, 6) is -1.82. The number of carboxylic acid groups (broad SMARTS) is 2. The van der Waals surface area contributed by atoms with Crippen LogP contribution in [0.5, 0.6) is 0 Å². The maximum absolute atomic E-state index is 10.1. The summed E-state index contributed by atoms with van der Waals surface area (Å²) >= 11 is 0. The van der Waals surface area contributed by atoms with Crippen molar-refractivity contribution >= 4 is 98.6 Å². The molecular formula is C24H46BaCaO4+2. The smallest absolute Gasteiger partial charge is 0.550 e. The molecule has 30 heavy (non-hydrogen) atoms. The molecule has 0 spiro atoms. The van der Waals surface area contributed by atoms with Gasteiger partial charge in [0.1, 0.15) is 0 Å². The molecule has 0 heterocycles. The molecule has 0 saturated carbocycles. The molecule has 0 aromatic rings. The van der Waals surface area contributed by atoms with Crippen molar-refractivity contribution in [3.63, 3.8) is 0 Å². The standard InChI is InChI=1S/2C12H24O2.Ba.Ca/c2*1-2-3-4-5-6-7-8-9-10-11-12(13)14;;/h2*2-11H2,1H3,(H,13,14);;/q;;2*+2/p-2. The molecule has 0 fully saturated rings. The van der Waals surface area contributed by atoms with Crippen LogP contribution >= 0.6 is 0 Å². The number of carbonyl (C=O) groups excluding carboxylic acids is 2. The van der Waals surface area contributed by atoms with Gasteiger partial charge in [0.2, 0.25) is 0 Å². The number of rotatable bonds is 20. The average molecular weight is 576 g/mol. The van der Waals surface area contributed by atoms with Gasteiger partial charge in [-0.1, -0.05) is 117 Å². The van der Waals surface area contributed by atoms with E-state index in [1.165, 1.54) is 89.9 Å². The van der Waals surface area contributed by atoms with Crippen molar-refractivity contribution in [2.45, 2.75) is 142 Å². The first-order valence-electron chi connectivity index (χ1n) is 11.9. The first-order chi connectivity index (χ1) is 13.5.